The lowest BCUT2D eigenvalue weighted by Gasteiger charge is -2.42. The lowest BCUT2D eigenvalue weighted by Crippen LogP contribution is -2.63. The number of aryl methyl sites for hydroxylation is 1. The number of nitrogens with zero attached hydrogens (tertiary/aromatic N) is 7. The van der Waals surface area contributed by atoms with Gasteiger partial charge in [0.05, 0.1) is 30.0 Å². The van der Waals surface area contributed by atoms with Crippen molar-refractivity contribution in [2.75, 3.05) is 25.0 Å². The van der Waals surface area contributed by atoms with Crippen molar-refractivity contribution in [2.24, 2.45) is 5.92 Å². The first-order chi connectivity index (χ1) is 18.9. The van der Waals surface area contributed by atoms with E-state index in [1.807, 2.05) is 68.4 Å². The largest absolute Gasteiger partial charge is 0.358 e. The summed E-state index contributed by atoms with van der Waals surface area (Å²) in [6.07, 6.45) is -0.403. The highest BCUT2D eigenvalue weighted by Gasteiger charge is 2.36. The normalized spacial score (nSPS) is 19.9. The van der Waals surface area contributed by atoms with Crippen molar-refractivity contribution >= 4 is 28.5 Å². The van der Waals surface area contributed by atoms with Gasteiger partial charge in [-0.2, -0.15) is 9.90 Å². The van der Waals surface area contributed by atoms with Gasteiger partial charge in [0.2, 0.25) is 5.91 Å². The van der Waals surface area contributed by atoms with Crippen molar-refractivity contribution in [2.45, 2.75) is 39.5 Å². The zero-order valence-corrected chi connectivity index (χ0v) is 22.2. The van der Waals surface area contributed by atoms with Crippen LogP contribution in [0.5, 0.6) is 0 Å². The van der Waals surface area contributed by atoms with Gasteiger partial charge in [-0.1, -0.05) is 44.2 Å². The van der Waals surface area contributed by atoms with Crippen molar-refractivity contribution in [3.8, 4) is 5.69 Å². The molecular formula is C28H31N9O2. The molecule has 1 fully saturated rings. The maximum Gasteiger partial charge on any atom is 0.276 e. The summed E-state index contributed by atoms with van der Waals surface area (Å²) >= 11 is 0. The third-order valence-corrected chi connectivity index (χ3v) is 7.29. The Hall–Kier alpha value is -4.38. The molecule has 39 heavy (non-hydrogen) atoms. The summed E-state index contributed by atoms with van der Waals surface area (Å²) in [5, 5.41) is 16.4. The minimum Gasteiger partial charge on any atom is -0.358 e. The molecule has 0 radical (unpaired) electrons. The molecule has 1 unspecified atom stereocenters. The zero-order chi connectivity index (χ0) is 27.1. The first-order valence-electron chi connectivity index (χ1n) is 13.2. The molecule has 200 valence electrons. The summed E-state index contributed by atoms with van der Waals surface area (Å²) in [4.78, 5) is 42.1. The van der Waals surface area contributed by atoms with Crippen LogP contribution in [0, 0.1) is 12.8 Å². The lowest BCUT2D eigenvalue weighted by molar-refractivity contribution is -0.125. The molecule has 2 bridgehead atoms. The molecule has 0 spiro atoms. The molecule has 1 saturated heterocycles. The van der Waals surface area contributed by atoms with E-state index in [-0.39, 0.29) is 17.7 Å². The highest BCUT2D eigenvalue weighted by Crippen LogP contribution is 2.25. The predicted octanol–water partition coefficient (Wildman–Crippen LogP) is 2.37. The van der Waals surface area contributed by atoms with Gasteiger partial charge in [-0.05, 0) is 37.1 Å². The maximum absolute atomic E-state index is 13.6. The van der Waals surface area contributed by atoms with Gasteiger partial charge in [-0.15, -0.1) is 5.10 Å². The number of fused-ring (bicyclic) bond motifs is 5. The number of aromatic nitrogens is 5. The summed E-state index contributed by atoms with van der Waals surface area (Å²) < 4.78 is 0. The number of piperazine rings is 1. The predicted molar refractivity (Wildman–Crippen MR) is 146 cm³/mol. The van der Waals surface area contributed by atoms with Crippen LogP contribution >= 0.6 is 0 Å². The van der Waals surface area contributed by atoms with Crippen molar-refractivity contribution < 1.29 is 9.59 Å². The highest BCUT2D eigenvalue weighted by molar-refractivity contribution is 5.94. The fraction of sp³-hybridized carbons (Fsp3) is 0.357. The van der Waals surface area contributed by atoms with E-state index in [0.29, 0.717) is 49.2 Å². The molecule has 2 amide bonds. The van der Waals surface area contributed by atoms with Crippen LogP contribution in [-0.4, -0.2) is 78.4 Å². The number of benzene rings is 2. The Morgan fingerprint density at radius 1 is 0.974 bits per heavy atom. The number of nitrogens with one attached hydrogen (secondary N) is 2. The minimum atomic E-state index is -0.504. The Balaban J connectivity index is 1.29. The summed E-state index contributed by atoms with van der Waals surface area (Å²) in [5.41, 5.74) is 2.48. The number of hydrogen-bond acceptors (Lipinski definition) is 8. The summed E-state index contributed by atoms with van der Waals surface area (Å²) in [5.74, 6) is 0.997. The Labute approximate surface area is 226 Å². The summed E-state index contributed by atoms with van der Waals surface area (Å²) in [6.45, 7) is 7.58. The molecule has 2 atom stereocenters. The molecule has 0 aliphatic carbocycles. The molecule has 6 rings (SSSR count). The Morgan fingerprint density at radius 3 is 2.54 bits per heavy atom. The fourth-order valence-electron chi connectivity index (χ4n) is 5.16. The van der Waals surface area contributed by atoms with Crippen LogP contribution in [0.1, 0.15) is 35.9 Å². The molecular weight excluding hydrogens is 494 g/mol. The third-order valence-electron chi connectivity index (χ3n) is 7.29. The zero-order valence-electron chi connectivity index (χ0n) is 22.2. The second-order valence-electron chi connectivity index (χ2n) is 10.4. The molecule has 2 N–H and O–H groups in total. The average Bonchev–Trinajstić information content (AvgIpc) is 3.33. The third kappa shape index (κ3) is 4.81. The van der Waals surface area contributed by atoms with E-state index < -0.39 is 12.2 Å². The van der Waals surface area contributed by atoms with Crippen LogP contribution in [-0.2, 0) is 11.3 Å². The van der Waals surface area contributed by atoms with Crippen LogP contribution in [0.15, 0.2) is 54.6 Å². The van der Waals surface area contributed by atoms with E-state index in [4.69, 9.17) is 9.97 Å². The van der Waals surface area contributed by atoms with Crippen molar-refractivity contribution in [1.82, 2.24) is 40.1 Å². The maximum atomic E-state index is 13.6. The number of hydrogen-bond donors (Lipinski definition) is 2. The van der Waals surface area contributed by atoms with Gasteiger partial charge in [-0.25, -0.2) is 9.97 Å². The SMILES string of the molecule is Cc1nn(-c2ccccc2)nc1C(=O)N1CCN2Cc3nc(c4ccccc4n3)N[C@@H](C(C)C)C(=O)NC2C1. The van der Waals surface area contributed by atoms with E-state index in [1.165, 1.54) is 4.80 Å². The first kappa shape index (κ1) is 24.9. The highest BCUT2D eigenvalue weighted by atomic mass is 16.2. The quantitative estimate of drug-likeness (QED) is 0.418. The van der Waals surface area contributed by atoms with Crippen molar-refractivity contribution in [3.05, 3.63) is 71.8 Å². The summed E-state index contributed by atoms with van der Waals surface area (Å²) in [6, 6.07) is 16.8. The average molecular weight is 526 g/mol. The van der Waals surface area contributed by atoms with Crippen LogP contribution in [0.4, 0.5) is 5.82 Å². The molecule has 4 heterocycles. The first-order valence-corrected chi connectivity index (χ1v) is 13.2. The Bertz CT molecular complexity index is 1530. The molecule has 2 aliphatic rings. The molecule has 2 aromatic carbocycles. The number of anilines is 1. The molecule has 2 aliphatic heterocycles. The molecule has 4 aromatic rings. The van der Waals surface area contributed by atoms with Crippen LogP contribution in [0.2, 0.25) is 0 Å². The van der Waals surface area contributed by atoms with E-state index in [2.05, 4.69) is 25.7 Å². The fourth-order valence-corrected chi connectivity index (χ4v) is 5.16. The van der Waals surface area contributed by atoms with Gasteiger partial charge in [-0.3, -0.25) is 14.5 Å². The molecule has 2 aromatic heterocycles. The van der Waals surface area contributed by atoms with E-state index in [1.54, 1.807) is 11.8 Å². The molecule has 0 saturated carbocycles. The topological polar surface area (TPSA) is 121 Å². The lowest BCUT2D eigenvalue weighted by atomic mass is 10.0. The smallest absolute Gasteiger partial charge is 0.276 e. The minimum absolute atomic E-state index is 0.00653. The number of amides is 2. The number of para-hydroxylation sites is 2. The van der Waals surface area contributed by atoms with Crippen LogP contribution < -0.4 is 10.6 Å². The van der Waals surface area contributed by atoms with Gasteiger partial charge in [0.1, 0.15) is 23.8 Å². The molecule has 11 heteroatoms. The van der Waals surface area contributed by atoms with Crippen molar-refractivity contribution in [1.29, 1.82) is 0 Å². The standard InChI is InChI=1S/C28H31N9O2/c1-17(2)24-27(38)31-23-16-36(28(39)25-18(3)33-37(34-25)19-9-5-4-6-10-19)14-13-35(23)15-22-29-21-12-8-7-11-20(21)26(30-22)32-24/h4-12,17,23-24H,13-16H2,1-3H3,(H,31,38)(H,29,30,32)/t23?,24-/m0/s1. The van der Waals surface area contributed by atoms with Gasteiger partial charge < -0.3 is 15.5 Å². The Kier molecular flexibility index (Phi) is 6.43. The van der Waals surface area contributed by atoms with Gasteiger partial charge in [0.25, 0.3) is 5.91 Å². The number of rotatable bonds is 3. The molecule has 11 nitrogen and oxygen atoms in total. The number of carbonyl (C=O) groups is 2. The van der Waals surface area contributed by atoms with E-state index >= 15 is 0 Å². The van der Waals surface area contributed by atoms with E-state index in [0.717, 1.165) is 16.6 Å². The van der Waals surface area contributed by atoms with E-state index in [9.17, 15) is 9.59 Å². The van der Waals surface area contributed by atoms with Crippen molar-refractivity contribution in [3.63, 3.8) is 0 Å². The monoisotopic (exact) mass is 525 g/mol. The summed E-state index contributed by atoms with van der Waals surface area (Å²) in [7, 11) is 0. The van der Waals surface area contributed by atoms with Gasteiger partial charge >= 0.3 is 0 Å². The second-order valence-corrected chi connectivity index (χ2v) is 10.4. The van der Waals surface area contributed by atoms with Crippen LogP contribution in [0.25, 0.3) is 16.6 Å². The van der Waals surface area contributed by atoms with Crippen LogP contribution in [0.3, 0.4) is 0 Å². The van der Waals surface area contributed by atoms with Gasteiger partial charge in [0.15, 0.2) is 5.69 Å². The van der Waals surface area contributed by atoms with Gasteiger partial charge in [0, 0.05) is 18.5 Å². The number of carbonyl (C=O) groups excluding carboxylic acids is 2. The second kappa shape index (κ2) is 10.1. The Morgan fingerprint density at radius 2 is 1.74 bits per heavy atom.